The Labute approximate surface area is 144 Å². The van der Waals surface area contributed by atoms with Crippen LogP contribution in [0.3, 0.4) is 0 Å². The fraction of sp³-hybridized carbons (Fsp3) is 0.450. The number of benzene rings is 1. The highest BCUT2D eigenvalue weighted by Crippen LogP contribution is 2.17. The predicted octanol–water partition coefficient (Wildman–Crippen LogP) is 3.09. The van der Waals surface area contributed by atoms with Crippen molar-refractivity contribution in [2.45, 2.75) is 25.7 Å². The molecule has 0 saturated carbocycles. The van der Waals surface area contributed by atoms with E-state index in [1.165, 1.54) is 31.4 Å². The van der Waals surface area contributed by atoms with Gasteiger partial charge in [-0.3, -0.25) is 4.79 Å². The second-order valence-corrected chi connectivity index (χ2v) is 6.68. The molecule has 1 aromatic heterocycles. The topological polar surface area (TPSA) is 48.1 Å². The van der Waals surface area contributed by atoms with E-state index in [1.54, 1.807) is 12.4 Å². The summed E-state index contributed by atoms with van der Waals surface area (Å²) in [6, 6.07) is 12.5. The van der Waals surface area contributed by atoms with Crippen molar-refractivity contribution in [1.29, 1.82) is 0 Å². The lowest BCUT2D eigenvalue weighted by atomic mass is 9.96. The van der Waals surface area contributed by atoms with Crippen molar-refractivity contribution < 1.29 is 4.79 Å². The van der Waals surface area contributed by atoms with Crippen LogP contribution in [-0.2, 0) is 6.42 Å². The van der Waals surface area contributed by atoms with Crippen LogP contribution in [0.25, 0.3) is 0 Å². The molecule has 0 radical (unpaired) electrons. The van der Waals surface area contributed by atoms with Gasteiger partial charge in [-0.1, -0.05) is 30.3 Å². The Kier molecular flexibility index (Phi) is 6.07. The normalized spacial score (nSPS) is 16.2. The van der Waals surface area contributed by atoms with Crippen LogP contribution in [0.4, 0.5) is 0 Å². The van der Waals surface area contributed by atoms with E-state index in [9.17, 15) is 4.79 Å². The largest absolute Gasteiger partial charge is 0.367 e. The summed E-state index contributed by atoms with van der Waals surface area (Å²) in [6.45, 7) is 4.28. The Hall–Kier alpha value is -2.07. The maximum atomic E-state index is 11.9. The van der Waals surface area contributed by atoms with E-state index in [-0.39, 0.29) is 5.91 Å². The van der Waals surface area contributed by atoms with E-state index in [2.05, 4.69) is 45.5 Å². The molecule has 128 valence electrons. The van der Waals surface area contributed by atoms with Gasteiger partial charge in [0.15, 0.2) is 0 Å². The van der Waals surface area contributed by atoms with Crippen LogP contribution < -0.4 is 5.32 Å². The highest BCUT2D eigenvalue weighted by molar-refractivity contribution is 5.93. The van der Waals surface area contributed by atoms with Gasteiger partial charge in [0.25, 0.3) is 5.91 Å². The van der Waals surface area contributed by atoms with E-state index in [4.69, 9.17) is 0 Å². The molecular formula is C20H27N3O. The summed E-state index contributed by atoms with van der Waals surface area (Å²) < 4.78 is 0. The smallest absolute Gasteiger partial charge is 0.252 e. The quantitative estimate of drug-likeness (QED) is 0.822. The Morgan fingerprint density at radius 2 is 1.96 bits per heavy atom. The first-order valence-electron chi connectivity index (χ1n) is 8.98. The van der Waals surface area contributed by atoms with Crippen molar-refractivity contribution in [2.75, 3.05) is 26.2 Å². The molecule has 1 aromatic carbocycles. The number of likely N-dealkylation sites (tertiary alicyclic amines) is 1. The van der Waals surface area contributed by atoms with Gasteiger partial charge >= 0.3 is 0 Å². The van der Waals surface area contributed by atoms with Gasteiger partial charge in [0.05, 0.1) is 5.56 Å². The van der Waals surface area contributed by atoms with E-state index in [1.807, 2.05) is 6.07 Å². The number of rotatable bonds is 7. The number of carbonyl (C=O) groups excluding carboxylic acids is 1. The van der Waals surface area contributed by atoms with Crippen LogP contribution >= 0.6 is 0 Å². The summed E-state index contributed by atoms with van der Waals surface area (Å²) in [5, 5.41) is 3.06. The zero-order valence-corrected chi connectivity index (χ0v) is 14.2. The summed E-state index contributed by atoms with van der Waals surface area (Å²) in [7, 11) is 0. The summed E-state index contributed by atoms with van der Waals surface area (Å²) in [5.74, 6) is 0.639. The molecule has 0 aliphatic carbocycles. The van der Waals surface area contributed by atoms with Crippen LogP contribution in [0.1, 0.15) is 35.2 Å². The van der Waals surface area contributed by atoms with E-state index in [0.717, 1.165) is 26.1 Å². The third kappa shape index (κ3) is 4.96. The van der Waals surface area contributed by atoms with Gasteiger partial charge in [0.1, 0.15) is 0 Å². The predicted molar refractivity (Wildman–Crippen MR) is 97.1 cm³/mol. The molecule has 2 heterocycles. The first-order valence-corrected chi connectivity index (χ1v) is 8.98. The van der Waals surface area contributed by atoms with Crippen molar-refractivity contribution in [3.8, 4) is 0 Å². The number of nitrogens with one attached hydrogen (secondary N) is 2. The molecule has 1 aliphatic heterocycles. The zero-order chi connectivity index (χ0) is 16.6. The number of aryl methyl sites for hydroxylation is 1. The monoisotopic (exact) mass is 325 g/mol. The minimum atomic E-state index is 0.0292. The molecular weight excluding hydrogens is 298 g/mol. The van der Waals surface area contributed by atoms with Crippen molar-refractivity contribution in [3.63, 3.8) is 0 Å². The molecule has 1 saturated heterocycles. The maximum Gasteiger partial charge on any atom is 0.252 e. The van der Waals surface area contributed by atoms with Crippen LogP contribution in [-0.4, -0.2) is 42.0 Å². The molecule has 1 amide bonds. The molecule has 4 nitrogen and oxygen atoms in total. The summed E-state index contributed by atoms with van der Waals surface area (Å²) >= 11 is 0. The average molecular weight is 325 g/mol. The molecule has 4 heteroatoms. The van der Waals surface area contributed by atoms with Crippen molar-refractivity contribution in [3.05, 3.63) is 59.9 Å². The summed E-state index contributed by atoms with van der Waals surface area (Å²) in [4.78, 5) is 17.4. The van der Waals surface area contributed by atoms with Gasteiger partial charge in [-0.2, -0.15) is 0 Å². The molecule has 0 bridgehead atoms. The fourth-order valence-electron chi connectivity index (χ4n) is 3.37. The van der Waals surface area contributed by atoms with E-state index < -0.39 is 0 Å². The van der Waals surface area contributed by atoms with Gasteiger partial charge in [-0.05, 0) is 62.9 Å². The number of piperidine rings is 1. The lowest BCUT2D eigenvalue weighted by Crippen LogP contribution is -2.39. The maximum absolute atomic E-state index is 11.9. The Morgan fingerprint density at radius 3 is 2.67 bits per heavy atom. The molecule has 1 aliphatic rings. The summed E-state index contributed by atoms with van der Waals surface area (Å²) in [5.41, 5.74) is 2.15. The first-order chi connectivity index (χ1) is 11.8. The fourth-order valence-corrected chi connectivity index (χ4v) is 3.37. The molecule has 3 rings (SSSR count). The number of hydrogen-bond donors (Lipinski definition) is 2. The van der Waals surface area contributed by atoms with E-state index >= 15 is 0 Å². The number of carbonyl (C=O) groups is 1. The average Bonchev–Trinajstić information content (AvgIpc) is 3.16. The second-order valence-electron chi connectivity index (χ2n) is 6.68. The second kappa shape index (κ2) is 8.69. The molecule has 2 N–H and O–H groups in total. The standard InChI is InChI=1S/C20H27N3O/c24-20(19-8-11-21-16-19)22-15-18-9-13-23(14-10-18)12-4-7-17-5-2-1-3-6-17/h1-3,5-6,8,11,16,18,21H,4,7,9-10,12-15H2,(H,22,24). The summed E-state index contributed by atoms with van der Waals surface area (Å²) in [6.07, 6.45) is 8.26. The minimum absolute atomic E-state index is 0.0292. The lowest BCUT2D eigenvalue weighted by molar-refractivity contribution is 0.0936. The number of H-pyrrole nitrogens is 1. The Bertz CT molecular complexity index is 601. The highest BCUT2D eigenvalue weighted by Gasteiger charge is 2.19. The third-order valence-corrected chi connectivity index (χ3v) is 4.90. The lowest BCUT2D eigenvalue weighted by Gasteiger charge is -2.32. The molecule has 0 spiro atoms. The number of nitrogens with zero attached hydrogens (tertiary/aromatic N) is 1. The number of amides is 1. The van der Waals surface area contributed by atoms with Gasteiger partial charge < -0.3 is 15.2 Å². The number of aromatic amines is 1. The van der Waals surface area contributed by atoms with Crippen molar-refractivity contribution in [1.82, 2.24) is 15.2 Å². The Morgan fingerprint density at radius 1 is 1.17 bits per heavy atom. The van der Waals surface area contributed by atoms with Gasteiger partial charge in [0, 0.05) is 18.9 Å². The number of hydrogen-bond acceptors (Lipinski definition) is 2. The van der Waals surface area contributed by atoms with Gasteiger partial charge in [-0.15, -0.1) is 0 Å². The SMILES string of the molecule is O=C(NCC1CCN(CCCc2ccccc2)CC1)c1cc[nH]c1. The van der Waals surface area contributed by atoms with Crippen LogP contribution in [0.2, 0.25) is 0 Å². The zero-order valence-electron chi connectivity index (χ0n) is 14.2. The minimum Gasteiger partial charge on any atom is -0.367 e. The van der Waals surface area contributed by atoms with E-state index in [0.29, 0.717) is 11.5 Å². The highest BCUT2D eigenvalue weighted by atomic mass is 16.1. The molecule has 24 heavy (non-hydrogen) atoms. The van der Waals surface area contributed by atoms with Gasteiger partial charge in [-0.25, -0.2) is 0 Å². The van der Waals surface area contributed by atoms with Crippen molar-refractivity contribution in [2.24, 2.45) is 5.92 Å². The Balaban J connectivity index is 1.30. The molecule has 0 atom stereocenters. The van der Waals surface area contributed by atoms with Crippen LogP contribution in [0, 0.1) is 5.92 Å². The first kappa shape index (κ1) is 16.8. The van der Waals surface area contributed by atoms with Crippen LogP contribution in [0.15, 0.2) is 48.8 Å². The molecule has 0 unspecified atom stereocenters. The number of aromatic nitrogens is 1. The molecule has 1 fully saturated rings. The van der Waals surface area contributed by atoms with Crippen molar-refractivity contribution >= 4 is 5.91 Å². The van der Waals surface area contributed by atoms with Gasteiger partial charge in [0.2, 0.25) is 0 Å². The third-order valence-electron chi connectivity index (χ3n) is 4.90. The van der Waals surface area contributed by atoms with Crippen LogP contribution in [0.5, 0.6) is 0 Å². The molecule has 2 aromatic rings.